The lowest BCUT2D eigenvalue weighted by Gasteiger charge is -2.39. The number of carbonyl (C=O) groups is 3. The van der Waals surface area contributed by atoms with Crippen molar-refractivity contribution in [3.8, 4) is 0 Å². The van der Waals surface area contributed by atoms with E-state index in [4.69, 9.17) is 0 Å². The molecule has 3 heterocycles. The summed E-state index contributed by atoms with van der Waals surface area (Å²) in [4.78, 5) is 37.6. The van der Waals surface area contributed by atoms with Crippen molar-refractivity contribution in [2.45, 2.75) is 38.1 Å². The van der Waals surface area contributed by atoms with E-state index in [0.29, 0.717) is 25.2 Å². The Morgan fingerprint density at radius 2 is 1.92 bits per heavy atom. The lowest BCUT2D eigenvalue weighted by Crippen LogP contribution is -2.54. The summed E-state index contributed by atoms with van der Waals surface area (Å²) < 4.78 is 1.50. The van der Waals surface area contributed by atoms with Crippen molar-refractivity contribution in [3.63, 3.8) is 0 Å². The highest BCUT2D eigenvalue weighted by atomic mass is 16.4. The number of piperidine rings is 1. The fraction of sp³-hybridized carbons (Fsp3) is 0.562. The van der Waals surface area contributed by atoms with E-state index < -0.39 is 11.5 Å². The largest absolute Gasteiger partial charge is 0.479 e. The first-order valence-corrected chi connectivity index (χ1v) is 8.22. The average molecular weight is 347 g/mol. The van der Waals surface area contributed by atoms with Crippen LogP contribution in [0.1, 0.15) is 31.2 Å². The number of carboxylic acid groups (broad SMARTS) is 1. The molecule has 134 valence electrons. The maximum absolute atomic E-state index is 12.6. The maximum atomic E-state index is 12.6. The topological polar surface area (TPSA) is 108 Å². The fourth-order valence-corrected chi connectivity index (χ4v) is 3.27. The molecule has 1 N–H and O–H groups in total. The van der Waals surface area contributed by atoms with E-state index in [1.54, 1.807) is 17.3 Å². The normalized spacial score (nSPS) is 20.4. The Kier molecular flexibility index (Phi) is 4.32. The maximum Gasteiger partial charge on any atom is 0.331 e. The van der Waals surface area contributed by atoms with Gasteiger partial charge in [0.05, 0.1) is 6.20 Å². The molecule has 0 atom stereocenters. The molecule has 1 saturated heterocycles. The Balaban J connectivity index is 1.74. The standard InChI is InChI=1S/C16H21N5O4/c1-11-9-17-21(10-11)16(15(24)25)5-7-20(8-6-16)14(23)12-3-4-13(22)19(2)18-12/h9-10H,3-8H2,1-2H3,(H,24,25). The zero-order valence-corrected chi connectivity index (χ0v) is 14.3. The average Bonchev–Trinajstić information content (AvgIpc) is 3.03. The van der Waals surface area contributed by atoms with Crippen LogP contribution in [0, 0.1) is 6.92 Å². The Labute approximate surface area is 144 Å². The smallest absolute Gasteiger partial charge is 0.331 e. The minimum Gasteiger partial charge on any atom is -0.479 e. The van der Waals surface area contributed by atoms with Gasteiger partial charge in [0, 0.05) is 52.0 Å². The number of hydrazone groups is 1. The van der Waals surface area contributed by atoms with Gasteiger partial charge in [-0.05, 0) is 12.5 Å². The van der Waals surface area contributed by atoms with E-state index in [-0.39, 0.29) is 31.1 Å². The number of likely N-dealkylation sites (tertiary alicyclic amines) is 1. The van der Waals surface area contributed by atoms with Crippen molar-refractivity contribution in [2.75, 3.05) is 20.1 Å². The first-order valence-electron chi connectivity index (χ1n) is 8.22. The second-order valence-electron chi connectivity index (χ2n) is 6.56. The van der Waals surface area contributed by atoms with Gasteiger partial charge in [0.1, 0.15) is 5.71 Å². The third kappa shape index (κ3) is 3.01. The molecule has 25 heavy (non-hydrogen) atoms. The van der Waals surface area contributed by atoms with Crippen LogP contribution in [0.4, 0.5) is 0 Å². The van der Waals surface area contributed by atoms with Crippen LogP contribution in [-0.2, 0) is 19.9 Å². The van der Waals surface area contributed by atoms with Crippen LogP contribution in [0.2, 0.25) is 0 Å². The van der Waals surface area contributed by atoms with Gasteiger partial charge in [0.25, 0.3) is 5.91 Å². The zero-order valence-electron chi connectivity index (χ0n) is 14.3. The second-order valence-corrected chi connectivity index (χ2v) is 6.56. The van der Waals surface area contributed by atoms with Gasteiger partial charge in [-0.15, -0.1) is 0 Å². The number of carbonyl (C=O) groups excluding carboxylic acids is 2. The molecule has 2 aliphatic rings. The zero-order chi connectivity index (χ0) is 18.2. The molecule has 0 spiro atoms. The summed E-state index contributed by atoms with van der Waals surface area (Å²) in [6, 6.07) is 0. The molecule has 0 radical (unpaired) electrons. The van der Waals surface area contributed by atoms with Gasteiger partial charge >= 0.3 is 5.97 Å². The molecule has 0 unspecified atom stereocenters. The number of hydrogen-bond acceptors (Lipinski definition) is 5. The van der Waals surface area contributed by atoms with E-state index in [1.165, 1.54) is 16.7 Å². The third-order valence-corrected chi connectivity index (χ3v) is 4.88. The molecule has 0 aromatic carbocycles. The van der Waals surface area contributed by atoms with Gasteiger partial charge in [0.2, 0.25) is 5.91 Å². The molecule has 0 aliphatic carbocycles. The molecule has 1 aromatic rings. The first kappa shape index (κ1) is 17.1. The lowest BCUT2D eigenvalue weighted by atomic mass is 9.87. The quantitative estimate of drug-likeness (QED) is 0.840. The monoisotopic (exact) mass is 347 g/mol. The summed E-state index contributed by atoms with van der Waals surface area (Å²) in [5.41, 5.74) is 0.106. The van der Waals surface area contributed by atoms with Gasteiger partial charge in [-0.3, -0.25) is 14.3 Å². The van der Waals surface area contributed by atoms with Crippen LogP contribution in [-0.4, -0.2) is 68.4 Å². The fourth-order valence-electron chi connectivity index (χ4n) is 3.27. The van der Waals surface area contributed by atoms with Crippen molar-refractivity contribution in [2.24, 2.45) is 5.10 Å². The molecule has 9 heteroatoms. The highest BCUT2D eigenvalue weighted by Crippen LogP contribution is 2.31. The molecular weight excluding hydrogens is 326 g/mol. The summed E-state index contributed by atoms with van der Waals surface area (Å²) in [5, 5.41) is 19.2. The van der Waals surface area contributed by atoms with E-state index in [0.717, 1.165) is 5.56 Å². The number of aryl methyl sites for hydroxylation is 1. The summed E-state index contributed by atoms with van der Waals surface area (Å²) in [6.07, 6.45) is 4.49. The predicted octanol–water partition coefficient (Wildman–Crippen LogP) is 0.202. The minimum atomic E-state index is -1.13. The molecule has 2 amide bonds. The Bertz CT molecular complexity index is 745. The van der Waals surface area contributed by atoms with Crippen molar-refractivity contribution in [3.05, 3.63) is 18.0 Å². The van der Waals surface area contributed by atoms with Crippen LogP contribution in [0.15, 0.2) is 17.5 Å². The molecule has 3 rings (SSSR count). The summed E-state index contributed by atoms with van der Waals surface area (Å²) >= 11 is 0. The molecule has 9 nitrogen and oxygen atoms in total. The third-order valence-electron chi connectivity index (χ3n) is 4.88. The van der Waals surface area contributed by atoms with Crippen LogP contribution < -0.4 is 0 Å². The summed E-state index contributed by atoms with van der Waals surface area (Å²) in [7, 11) is 1.53. The van der Waals surface area contributed by atoms with Crippen LogP contribution in [0.3, 0.4) is 0 Å². The Morgan fingerprint density at radius 1 is 1.24 bits per heavy atom. The van der Waals surface area contributed by atoms with Gasteiger partial charge in [-0.2, -0.15) is 10.2 Å². The number of nitrogens with zero attached hydrogens (tertiary/aromatic N) is 5. The number of aliphatic carboxylic acids is 1. The molecule has 0 bridgehead atoms. The van der Waals surface area contributed by atoms with Crippen molar-refractivity contribution in [1.29, 1.82) is 0 Å². The number of aromatic nitrogens is 2. The van der Waals surface area contributed by atoms with Crippen molar-refractivity contribution in [1.82, 2.24) is 19.7 Å². The van der Waals surface area contributed by atoms with Gasteiger partial charge in [-0.25, -0.2) is 9.80 Å². The van der Waals surface area contributed by atoms with Crippen molar-refractivity contribution >= 4 is 23.5 Å². The van der Waals surface area contributed by atoms with Crippen LogP contribution in [0.5, 0.6) is 0 Å². The van der Waals surface area contributed by atoms with Gasteiger partial charge in [0.15, 0.2) is 5.54 Å². The van der Waals surface area contributed by atoms with Crippen molar-refractivity contribution < 1.29 is 19.5 Å². The molecule has 2 aliphatic heterocycles. The van der Waals surface area contributed by atoms with E-state index in [9.17, 15) is 19.5 Å². The molecular formula is C16H21N5O4. The lowest BCUT2D eigenvalue weighted by molar-refractivity contribution is -0.152. The van der Waals surface area contributed by atoms with Gasteiger partial charge in [-0.1, -0.05) is 0 Å². The van der Waals surface area contributed by atoms with E-state index in [1.807, 2.05) is 6.92 Å². The minimum absolute atomic E-state index is 0.117. The Hall–Kier alpha value is -2.71. The SMILES string of the molecule is Cc1cnn(C2(C(=O)O)CCN(C(=O)C3=NN(C)C(=O)CC3)CC2)c1. The number of amides is 2. The van der Waals surface area contributed by atoms with E-state index in [2.05, 4.69) is 10.2 Å². The number of hydrogen-bond donors (Lipinski definition) is 1. The van der Waals surface area contributed by atoms with Gasteiger partial charge < -0.3 is 10.0 Å². The second kappa shape index (κ2) is 6.30. The summed E-state index contributed by atoms with van der Waals surface area (Å²) in [6.45, 7) is 2.47. The Morgan fingerprint density at radius 3 is 2.44 bits per heavy atom. The first-order chi connectivity index (χ1) is 11.8. The summed E-state index contributed by atoms with van der Waals surface area (Å²) in [5.74, 6) is -1.29. The van der Waals surface area contributed by atoms with Crippen LogP contribution >= 0.6 is 0 Å². The number of carboxylic acids is 1. The van der Waals surface area contributed by atoms with E-state index >= 15 is 0 Å². The molecule has 0 saturated carbocycles. The predicted molar refractivity (Wildman–Crippen MR) is 87.8 cm³/mol. The van der Waals surface area contributed by atoms with Crippen LogP contribution in [0.25, 0.3) is 0 Å². The number of rotatable bonds is 3. The highest BCUT2D eigenvalue weighted by Gasteiger charge is 2.45. The molecule has 1 fully saturated rings. The molecule has 1 aromatic heterocycles. The highest BCUT2D eigenvalue weighted by molar-refractivity contribution is 6.39.